The fourth-order valence-corrected chi connectivity index (χ4v) is 3.52. The molecule has 1 aromatic carbocycles. The molecular formula is C22H22N4O3. The Morgan fingerprint density at radius 2 is 1.76 bits per heavy atom. The molecule has 2 aromatic heterocycles. The van der Waals surface area contributed by atoms with Crippen LogP contribution in [0.4, 0.5) is 0 Å². The van der Waals surface area contributed by atoms with Crippen molar-refractivity contribution in [2.24, 2.45) is 0 Å². The second-order valence-electron chi connectivity index (χ2n) is 7.12. The van der Waals surface area contributed by atoms with Crippen LogP contribution in [0.5, 0.6) is 0 Å². The fourth-order valence-electron chi connectivity index (χ4n) is 3.52. The molecule has 0 radical (unpaired) electrons. The van der Waals surface area contributed by atoms with Crippen LogP contribution in [0.1, 0.15) is 47.8 Å². The van der Waals surface area contributed by atoms with Gasteiger partial charge in [0.25, 0.3) is 0 Å². The zero-order chi connectivity index (χ0) is 20.1. The highest BCUT2D eigenvalue weighted by atomic mass is 16.5. The number of piperidine rings is 1. The van der Waals surface area contributed by atoms with E-state index in [0.29, 0.717) is 36.1 Å². The number of hydrogen-bond donors (Lipinski definition) is 0. The van der Waals surface area contributed by atoms with Gasteiger partial charge in [0.1, 0.15) is 5.69 Å². The Bertz CT molecular complexity index is 964. The number of carbonyl (C=O) groups excluding carboxylic acids is 2. The van der Waals surface area contributed by atoms with Gasteiger partial charge in [-0.15, -0.1) is 0 Å². The van der Waals surface area contributed by atoms with Gasteiger partial charge in [-0.2, -0.15) is 4.98 Å². The first kappa shape index (κ1) is 19.0. The molecule has 0 aliphatic carbocycles. The summed E-state index contributed by atoms with van der Waals surface area (Å²) in [6, 6.07) is 14.6. The number of carbonyl (C=O) groups is 2. The van der Waals surface area contributed by atoms with Crippen LogP contribution in [0.2, 0.25) is 0 Å². The minimum Gasteiger partial charge on any atom is -0.343 e. The van der Waals surface area contributed by atoms with E-state index in [-0.39, 0.29) is 30.4 Å². The van der Waals surface area contributed by atoms with Gasteiger partial charge in [-0.05, 0) is 25.0 Å². The van der Waals surface area contributed by atoms with Crippen LogP contribution in [0.25, 0.3) is 11.5 Å². The lowest BCUT2D eigenvalue weighted by Gasteiger charge is -2.30. The van der Waals surface area contributed by atoms with E-state index in [1.165, 1.54) is 0 Å². The molecule has 0 unspecified atom stereocenters. The van der Waals surface area contributed by atoms with Gasteiger partial charge in [0, 0.05) is 43.6 Å². The molecule has 7 nitrogen and oxygen atoms in total. The molecule has 3 heterocycles. The van der Waals surface area contributed by atoms with Gasteiger partial charge in [0.2, 0.25) is 17.6 Å². The van der Waals surface area contributed by atoms with Crippen LogP contribution in [-0.2, 0) is 4.79 Å². The average molecular weight is 390 g/mol. The highest BCUT2D eigenvalue weighted by Crippen LogP contribution is 2.28. The maximum absolute atomic E-state index is 12.5. The van der Waals surface area contributed by atoms with Gasteiger partial charge in [-0.25, -0.2) is 0 Å². The molecular weight excluding hydrogens is 368 g/mol. The summed E-state index contributed by atoms with van der Waals surface area (Å²) in [5.41, 5.74) is 1.33. The lowest BCUT2D eigenvalue weighted by molar-refractivity contribution is -0.132. The first-order valence-corrected chi connectivity index (χ1v) is 9.82. The van der Waals surface area contributed by atoms with E-state index in [0.717, 1.165) is 12.8 Å². The van der Waals surface area contributed by atoms with Gasteiger partial charge >= 0.3 is 0 Å². The summed E-state index contributed by atoms with van der Waals surface area (Å²) >= 11 is 0. The van der Waals surface area contributed by atoms with Crippen LogP contribution in [0, 0.1) is 0 Å². The molecule has 1 aliphatic rings. The van der Waals surface area contributed by atoms with E-state index in [1.807, 2.05) is 41.3 Å². The highest BCUT2D eigenvalue weighted by Gasteiger charge is 2.28. The number of pyridine rings is 1. The average Bonchev–Trinajstić information content (AvgIpc) is 3.29. The second-order valence-corrected chi connectivity index (χ2v) is 7.12. The molecule has 1 amide bonds. The SMILES string of the molecule is O=C(CCC(=O)N1CCC(c2nc(-c3ccccn3)no2)CC1)c1ccccc1. The summed E-state index contributed by atoms with van der Waals surface area (Å²) in [5, 5.41) is 4.03. The number of amides is 1. The number of nitrogens with zero attached hydrogens (tertiary/aromatic N) is 4. The molecule has 0 saturated carbocycles. The largest absolute Gasteiger partial charge is 0.343 e. The van der Waals surface area contributed by atoms with Crippen molar-refractivity contribution in [3.63, 3.8) is 0 Å². The van der Waals surface area contributed by atoms with Crippen molar-refractivity contribution in [2.75, 3.05) is 13.1 Å². The molecule has 3 aromatic rings. The zero-order valence-electron chi connectivity index (χ0n) is 16.0. The van der Waals surface area contributed by atoms with E-state index in [9.17, 15) is 9.59 Å². The summed E-state index contributed by atoms with van der Waals surface area (Å²) in [5.74, 6) is 1.24. The van der Waals surface area contributed by atoms with Crippen LogP contribution >= 0.6 is 0 Å². The van der Waals surface area contributed by atoms with Gasteiger partial charge in [0.05, 0.1) is 0 Å². The van der Waals surface area contributed by atoms with Crippen molar-refractivity contribution in [1.29, 1.82) is 0 Å². The first-order chi connectivity index (χ1) is 14.2. The third kappa shape index (κ3) is 4.56. The topological polar surface area (TPSA) is 89.2 Å². The third-order valence-electron chi connectivity index (χ3n) is 5.19. The van der Waals surface area contributed by atoms with E-state index >= 15 is 0 Å². The molecule has 0 bridgehead atoms. The summed E-state index contributed by atoms with van der Waals surface area (Å²) in [4.78, 5) is 35.2. The maximum atomic E-state index is 12.5. The van der Waals surface area contributed by atoms with E-state index in [4.69, 9.17) is 4.52 Å². The Hall–Kier alpha value is -3.35. The number of likely N-dealkylation sites (tertiary alicyclic amines) is 1. The number of aromatic nitrogens is 3. The Morgan fingerprint density at radius 3 is 2.48 bits per heavy atom. The lowest BCUT2D eigenvalue weighted by atomic mass is 9.96. The zero-order valence-corrected chi connectivity index (χ0v) is 16.0. The Morgan fingerprint density at radius 1 is 1.00 bits per heavy atom. The molecule has 0 atom stereocenters. The van der Waals surface area contributed by atoms with Crippen molar-refractivity contribution in [2.45, 2.75) is 31.6 Å². The predicted octanol–water partition coefficient (Wildman–Crippen LogP) is 3.50. The van der Waals surface area contributed by atoms with Crippen LogP contribution in [0.15, 0.2) is 59.3 Å². The van der Waals surface area contributed by atoms with Gasteiger partial charge in [0.15, 0.2) is 5.78 Å². The molecule has 1 saturated heterocycles. The summed E-state index contributed by atoms with van der Waals surface area (Å²) in [7, 11) is 0. The van der Waals surface area contributed by atoms with E-state index in [2.05, 4.69) is 15.1 Å². The number of hydrogen-bond acceptors (Lipinski definition) is 6. The summed E-state index contributed by atoms with van der Waals surface area (Å²) in [6.07, 6.45) is 3.70. The maximum Gasteiger partial charge on any atom is 0.230 e. The van der Waals surface area contributed by atoms with Gasteiger partial charge in [-0.3, -0.25) is 14.6 Å². The molecule has 0 spiro atoms. The Balaban J connectivity index is 1.28. The third-order valence-corrected chi connectivity index (χ3v) is 5.19. The molecule has 1 fully saturated rings. The first-order valence-electron chi connectivity index (χ1n) is 9.82. The molecule has 7 heteroatoms. The van der Waals surface area contributed by atoms with Crippen molar-refractivity contribution < 1.29 is 14.1 Å². The number of ketones is 1. The van der Waals surface area contributed by atoms with Gasteiger partial charge in [-0.1, -0.05) is 41.6 Å². The van der Waals surface area contributed by atoms with Crippen molar-refractivity contribution in [1.82, 2.24) is 20.0 Å². The van der Waals surface area contributed by atoms with E-state index in [1.54, 1.807) is 18.3 Å². The predicted molar refractivity (Wildman–Crippen MR) is 106 cm³/mol. The summed E-state index contributed by atoms with van der Waals surface area (Å²) in [6.45, 7) is 1.26. The van der Waals surface area contributed by atoms with Crippen molar-refractivity contribution in [3.8, 4) is 11.5 Å². The quantitative estimate of drug-likeness (QED) is 0.599. The number of rotatable bonds is 6. The Kier molecular flexibility index (Phi) is 5.74. The second kappa shape index (κ2) is 8.77. The lowest BCUT2D eigenvalue weighted by Crippen LogP contribution is -2.38. The molecule has 4 rings (SSSR count). The molecule has 148 valence electrons. The number of Topliss-reactive ketones (excluding diaryl/α,β-unsaturated/α-hetero) is 1. The van der Waals surface area contributed by atoms with Crippen molar-refractivity contribution in [3.05, 3.63) is 66.2 Å². The smallest absolute Gasteiger partial charge is 0.230 e. The number of benzene rings is 1. The molecule has 1 aliphatic heterocycles. The van der Waals surface area contributed by atoms with Crippen LogP contribution < -0.4 is 0 Å². The molecule has 29 heavy (non-hydrogen) atoms. The minimum atomic E-state index is 0.00162. The fraction of sp³-hybridized carbons (Fsp3) is 0.318. The standard InChI is InChI=1S/C22H22N4O3/c27-19(16-6-2-1-3-7-16)9-10-20(28)26-14-11-17(12-15-26)22-24-21(25-29-22)18-8-4-5-13-23-18/h1-8,13,17H,9-12,14-15H2. The van der Waals surface area contributed by atoms with Crippen LogP contribution in [0.3, 0.4) is 0 Å². The molecule has 0 N–H and O–H groups in total. The van der Waals surface area contributed by atoms with Gasteiger partial charge < -0.3 is 9.42 Å². The van der Waals surface area contributed by atoms with Crippen LogP contribution in [-0.4, -0.2) is 44.8 Å². The van der Waals surface area contributed by atoms with E-state index < -0.39 is 0 Å². The normalized spacial score (nSPS) is 14.7. The monoisotopic (exact) mass is 390 g/mol. The minimum absolute atomic E-state index is 0.00162. The highest BCUT2D eigenvalue weighted by molar-refractivity contribution is 5.97. The van der Waals surface area contributed by atoms with Crippen molar-refractivity contribution >= 4 is 11.7 Å². The Labute approximate surface area is 168 Å². The summed E-state index contributed by atoms with van der Waals surface area (Å²) < 4.78 is 5.43.